The van der Waals surface area contributed by atoms with E-state index in [4.69, 9.17) is 6.42 Å². The van der Waals surface area contributed by atoms with Gasteiger partial charge in [0.25, 0.3) is 0 Å². The highest BCUT2D eigenvalue weighted by Crippen LogP contribution is 2.22. The predicted octanol–water partition coefficient (Wildman–Crippen LogP) is 1.21. The minimum atomic E-state index is -0.593. The van der Waals surface area contributed by atoms with Crippen molar-refractivity contribution in [2.75, 3.05) is 11.4 Å². The standard InChI is InChI=1S/C11H9FN2O/c1-2-8-6-11(15)14(7-8)10-5-3-4-9(12)13-10/h1,3-5,8H,6-7H2. The molecule has 1 unspecified atom stereocenters. The minimum Gasteiger partial charge on any atom is -0.295 e. The molecule has 76 valence electrons. The summed E-state index contributed by atoms with van der Waals surface area (Å²) in [6.07, 6.45) is 5.56. The lowest BCUT2D eigenvalue weighted by atomic mass is 10.1. The Hall–Kier alpha value is -1.89. The predicted molar refractivity (Wildman–Crippen MR) is 53.5 cm³/mol. The number of hydrogen-bond acceptors (Lipinski definition) is 2. The van der Waals surface area contributed by atoms with Gasteiger partial charge < -0.3 is 0 Å². The molecule has 1 aromatic heterocycles. The molecule has 4 heteroatoms. The van der Waals surface area contributed by atoms with Gasteiger partial charge in [-0.15, -0.1) is 12.3 Å². The molecule has 3 nitrogen and oxygen atoms in total. The molecule has 1 fully saturated rings. The van der Waals surface area contributed by atoms with Crippen molar-refractivity contribution >= 4 is 11.7 Å². The van der Waals surface area contributed by atoms with E-state index in [1.54, 1.807) is 6.07 Å². The maximum atomic E-state index is 12.8. The summed E-state index contributed by atoms with van der Waals surface area (Å²) in [7, 11) is 0. The Morgan fingerprint density at radius 1 is 1.60 bits per heavy atom. The molecule has 1 aromatic rings. The van der Waals surface area contributed by atoms with Crippen molar-refractivity contribution < 1.29 is 9.18 Å². The van der Waals surface area contributed by atoms with Crippen molar-refractivity contribution in [1.82, 2.24) is 4.98 Å². The second-order valence-electron chi connectivity index (χ2n) is 3.39. The molecule has 15 heavy (non-hydrogen) atoms. The Balaban J connectivity index is 2.26. The van der Waals surface area contributed by atoms with Crippen LogP contribution in [0, 0.1) is 24.2 Å². The van der Waals surface area contributed by atoms with Crippen LogP contribution in [0.3, 0.4) is 0 Å². The topological polar surface area (TPSA) is 33.2 Å². The fourth-order valence-corrected chi connectivity index (χ4v) is 1.59. The largest absolute Gasteiger partial charge is 0.295 e. The lowest BCUT2D eigenvalue weighted by molar-refractivity contribution is -0.117. The van der Waals surface area contributed by atoms with E-state index in [0.29, 0.717) is 18.8 Å². The Kier molecular flexibility index (Phi) is 2.38. The first-order valence-electron chi connectivity index (χ1n) is 4.60. The van der Waals surface area contributed by atoms with Gasteiger partial charge in [-0.25, -0.2) is 4.98 Å². The lowest BCUT2D eigenvalue weighted by Gasteiger charge is -2.13. The van der Waals surface area contributed by atoms with Crippen LogP contribution >= 0.6 is 0 Å². The maximum absolute atomic E-state index is 12.8. The molecule has 1 saturated heterocycles. The summed E-state index contributed by atoms with van der Waals surface area (Å²) in [5.74, 6) is 2.07. The van der Waals surface area contributed by atoms with Gasteiger partial charge in [0.2, 0.25) is 11.9 Å². The zero-order valence-corrected chi connectivity index (χ0v) is 7.98. The fraction of sp³-hybridized carbons (Fsp3) is 0.273. The van der Waals surface area contributed by atoms with Crippen molar-refractivity contribution in [2.24, 2.45) is 5.92 Å². The number of terminal acetylenes is 1. The summed E-state index contributed by atoms with van der Waals surface area (Å²) < 4.78 is 12.8. The Bertz CT molecular complexity index is 438. The second kappa shape index (κ2) is 3.70. The van der Waals surface area contributed by atoms with Gasteiger partial charge in [0.15, 0.2) is 0 Å². The number of carbonyl (C=O) groups is 1. The number of anilines is 1. The first-order valence-corrected chi connectivity index (χ1v) is 4.60. The highest BCUT2D eigenvalue weighted by Gasteiger charge is 2.30. The summed E-state index contributed by atoms with van der Waals surface area (Å²) >= 11 is 0. The van der Waals surface area contributed by atoms with E-state index in [0.717, 1.165) is 0 Å². The van der Waals surface area contributed by atoms with Crippen molar-refractivity contribution in [2.45, 2.75) is 6.42 Å². The smallest absolute Gasteiger partial charge is 0.229 e. The van der Waals surface area contributed by atoms with E-state index >= 15 is 0 Å². The van der Waals surface area contributed by atoms with Crippen LogP contribution in [-0.2, 0) is 4.79 Å². The summed E-state index contributed by atoms with van der Waals surface area (Å²) in [5, 5.41) is 0. The Labute approximate surface area is 86.9 Å². The molecule has 2 rings (SSSR count). The molecule has 1 atom stereocenters. The summed E-state index contributed by atoms with van der Waals surface area (Å²) in [4.78, 5) is 16.6. The van der Waals surface area contributed by atoms with Gasteiger partial charge in [0, 0.05) is 18.9 Å². The molecule has 1 aliphatic rings. The summed E-state index contributed by atoms with van der Waals surface area (Å²) in [6.45, 7) is 0.422. The monoisotopic (exact) mass is 204 g/mol. The van der Waals surface area contributed by atoms with Crippen LogP contribution in [0.4, 0.5) is 10.2 Å². The zero-order chi connectivity index (χ0) is 10.8. The van der Waals surface area contributed by atoms with Crippen LogP contribution in [-0.4, -0.2) is 17.4 Å². The number of amides is 1. The Morgan fingerprint density at radius 3 is 3.00 bits per heavy atom. The summed E-state index contributed by atoms with van der Waals surface area (Å²) in [6, 6.07) is 4.36. The highest BCUT2D eigenvalue weighted by molar-refractivity contribution is 5.95. The molecule has 0 N–H and O–H groups in total. The minimum absolute atomic E-state index is 0.0948. The SMILES string of the molecule is C#CC1CC(=O)N(c2cccc(F)n2)C1. The van der Waals surface area contributed by atoms with Crippen LogP contribution in [0.2, 0.25) is 0 Å². The van der Waals surface area contributed by atoms with E-state index in [-0.39, 0.29) is 11.8 Å². The molecular weight excluding hydrogens is 195 g/mol. The van der Waals surface area contributed by atoms with Gasteiger partial charge in [-0.1, -0.05) is 6.07 Å². The van der Waals surface area contributed by atoms with E-state index < -0.39 is 5.95 Å². The van der Waals surface area contributed by atoms with Crippen LogP contribution in [0.5, 0.6) is 0 Å². The van der Waals surface area contributed by atoms with Gasteiger partial charge in [-0.3, -0.25) is 9.69 Å². The number of pyridine rings is 1. The van der Waals surface area contributed by atoms with Crippen LogP contribution < -0.4 is 4.90 Å². The van der Waals surface area contributed by atoms with Crippen molar-refractivity contribution in [3.05, 3.63) is 24.1 Å². The van der Waals surface area contributed by atoms with Crippen molar-refractivity contribution in [1.29, 1.82) is 0 Å². The average molecular weight is 204 g/mol. The van der Waals surface area contributed by atoms with Gasteiger partial charge >= 0.3 is 0 Å². The number of aromatic nitrogens is 1. The van der Waals surface area contributed by atoms with E-state index in [1.807, 2.05) is 0 Å². The average Bonchev–Trinajstić information content (AvgIpc) is 2.60. The van der Waals surface area contributed by atoms with Crippen molar-refractivity contribution in [3.63, 3.8) is 0 Å². The number of carbonyl (C=O) groups excluding carboxylic acids is 1. The summed E-state index contributed by atoms with van der Waals surface area (Å²) in [5.41, 5.74) is 0. The highest BCUT2D eigenvalue weighted by atomic mass is 19.1. The van der Waals surface area contributed by atoms with Gasteiger partial charge in [0.05, 0.1) is 0 Å². The molecule has 0 aliphatic carbocycles. The van der Waals surface area contributed by atoms with E-state index in [9.17, 15) is 9.18 Å². The number of halogens is 1. The molecule has 1 amide bonds. The molecule has 1 aliphatic heterocycles. The van der Waals surface area contributed by atoms with Crippen LogP contribution in [0.15, 0.2) is 18.2 Å². The molecule has 0 radical (unpaired) electrons. The lowest BCUT2D eigenvalue weighted by Crippen LogP contribution is -2.25. The fourth-order valence-electron chi connectivity index (χ4n) is 1.59. The third-order valence-electron chi connectivity index (χ3n) is 2.34. The molecule has 0 aromatic carbocycles. The van der Waals surface area contributed by atoms with E-state index in [1.165, 1.54) is 17.0 Å². The first-order chi connectivity index (χ1) is 7.20. The van der Waals surface area contributed by atoms with Crippen LogP contribution in [0.1, 0.15) is 6.42 Å². The Morgan fingerprint density at radius 2 is 2.40 bits per heavy atom. The van der Waals surface area contributed by atoms with Gasteiger partial charge in [0.1, 0.15) is 5.82 Å². The van der Waals surface area contributed by atoms with E-state index in [2.05, 4.69) is 10.9 Å². The third kappa shape index (κ3) is 1.82. The molecule has 0 spiro atoms. The maximum Gasteiger partial charge on any atom is 0.229 e. The van der Waals surface area contributed by atoms with Crippen LogP contribution in [0.25, 0.3) is 0 Å². The molecule has 0 saturated carbocycles. The third-order valence-corrected chi connectivity index (χ3v) is 2.34. The molecule has 2 heterocycles. The number of nitrogens with zero attached hydrogens (tertiary/aromatic N) is 2. The second-order valence-corrected chi connectivity index (χ2v) is 3.39. The molecule has 0 bridgehead atoms. The normalized spacial score (nSPS) is 20.4. The zero-order valence-electron chi connectivity index (χ0n) is 7.98. The van der Waals surface area contributed by atoms with Gasteiger partial charge in [-0.2, -0.15) is 4.39 Å². The molecular formula is C11H9FN2O. The quantitative estimate of drug-likeness (QED) is 0.509. The number of hydrogen-bond donors (Lipinski definition) is 0. The van der Waals surface area contributed by atoms with Crippen molar-refractivity contribution in [3.8, 4) is 12.3 Å². The first kappa shape index (κ1) is 9.66. The number of rotatable bonds is 1. The van der Waals surface area contributed by atoms with Gasteiger partial charge in [-0.05, 0) is 12.1 Å².